The zero-order chi connectivity index (χ0) is 14.8. The minimum Gasteiger partial charge on any atom is -0.397 e. The minimum absolute atomic E-state index is 0.0540. The number of nitrogens with two attached hydrogens (primary N) is 1. The highest BCUT2D eigenvalue weighted by Gasteiger charge is 2.20. The Morgan fingerprint density at radius 2 is 1.80 bits per heavy atom. The molecule has 0 radical (unpaired) electrons. The van der Waals surface area contributed by atoms with E-state index in [1.54, 1.807) is 6.07 Å². The molecular weight excluding hydrogens is 319 g/mol. The molecule has 0 amide bonds. The summed E-state index contributed by atoms with van der Waals surface area (Å²) in [4.78, 5) is 0. The molecule has 0 saturated heterocycles. The summed E-state index contributed by atoms with van der Waals surface area (Å²) in [6.07, 6.45) is 0. The fourth-order valence-corrected chi connectivity index (χ4v) is 2.28. The quantitative estimate of drug-likeness (QED) is 0.803. The van der Waals surface area contributed by atoms with E-state index in [4.69, 9.17) is 5.73 Å². The van der Waals surface area contributed by atoms with Crippen molar-refractivity contribution in [1.29, 1.82) is 0 Å². The number of anilines is 2. The fraction of sp³-hybridized carbons (Fsp3) is 0.250. The zero-order valence-electron chi connectivity index (χ0n) is 11.6. The summed E-state index contributed by atoms with van der Waals surface area (Å²) >= 11 is 3.44. The molecule has 2 rings (SSSR count). The van der Waals surface area contributed by atoms with Crippen molar-refractivity contribution in [3.8, 4) is 0 Å². The first-order valence-corrected chi connectivity index (χ1v) is 7.23. The monoisotopic (exact) mass is 336 g/mol. The van der Waals surface area contributed by atoms with Crippen molar-refractivity contribution in [1.82, 2.24) is 0 Å². The second-order valence-electron chi connectivity index (χ2n) is 5.48. The summed E-state index contributed by atoms with van der Waals surface area (Å²) in [5.41, 5.74) is 8.17. The van der Waals surface area contributed by atoms with Gasteiger partial charge in [-0.1, -0.05) is 41.9 Å². The van der Waals surface area contributed by atoms with Crippen LogP contribution in [-0.4, -0.2) is 6.54 Å². The maximum atomic E-state index is 13.0. The van der Waals surface area contributed by atoms with Gasteiger partial charge in [0, 0.05) is 16.4 Å². The second-order valence-corrected chi connectivity index (χ2v) is 6.39. The molecular formula is C16H18BrFN2. The van der Waals surface area contributed by atoms with E-state index in [-0.39, 0.29) is 11.2 Å². The van der Waals surface area contributed by atoms with Crippen molar-refractivity contribution in [2.75, 3.05) is 17.6 Å². The van der Waals surface area contributed by atoms with Crippen LogP contribution < -0.4 is 11.1 Å². The maximum absolute atomic E-state index is 13.0. The molecule has 20 heavy (non-hydrogen) atoms. The lowest BCUT2D eigenvalue weighted by Gasteiger charge is -2.26. The lowest BCUT2D eigenvalue weighted by molar-refractivity contribution is 0.557. The van der Waals surface area contributed by atoms with E-state index in [1.165, 1.54) is 17.7 Å². The number of benzene rings is 2. The topological polar surface area (TPSA) is 38.0 Å². The average Bonchev–Trinajstić information content (AvgIpc) is 2.38. The highest BCUT2D eigenvalue weighted by Crippen LogP contribution is 2.27. The Morgan fingerprint density at radius 1 is 1.15 bits per heavy atom. The number of halogens is 2. The van der Waals surface area contributed by atoms with E-state index in [2.05, 4.69) is 47.2 Å². The molecule has 0 fully saturated rings. The van der Waals surface area contributed by atoms with Gasteiger partial charge in [0.2, 0.25) is 0 Å². The molecule has 0 saturated carbocycles. The van der Waals surface area contributed by atoms with E-state index in [9.17, 15) is 4.39 Å². The van der Waals surface area contributed by atoms with Gasteiger partial charge >= 0.3 is 0 Å². The molecule has 0 bridgehead atoms. The molecule has 0 aliphatic carbocycles. The van der Waals surface area contributed by atoms with Gasteiger partial charge in [0.1, 0.15) is 5.82 Å². The number of hydrogen-bond donors (Lipinski definition) is 2. The first kappa shape index (κ1) is 14.9. The van der Waals surface area contributed by atoms with Crippen LogP contribution in [0.25, 0.3) is 0 Å². The van der Waals surface area contributed by atoms with Gasteiger partial charge in [0.15, 0.2) is 0 Å². The number of nitrogens with one attached hydrogen (secondary N) is 1. The van der Waals surface area contributed by atoms with Crippen molar-refractivity contribution >= 4 is 27.3 Å². The molecule has 0 spiro atoms. The molecule has 0 unspecified atom stereocenters. The molecule has 2 nitrogen and oxygen atoms in total. The number of hydrogen-bond acceptors (Lipinski definition) is 2. The van der Waals surface area contributed by atoms with Crippen molar-refractivity contribution in [2.24, 2.45) is 0 Å². The van der Waals surface area contributed by atoms with Gasteiger partial charge in [-0.2, -0.15) is 0 Å². The van der Waals surface area contributed by atoms with Crippen LogP contribution in [0.15, 0.2) is 46.9 Å². The summed E-state index contributed by atoms with van der Waals surface area (Å²) in [6, 6.07) is 12.7. The highest BCUT2D eigenvalue weighted by atomic mass is 79.9. The summed E-state index contributed by atoms with van der Waals surface area (Å²) in [6.45, 7) is 5.02. The lowest BCUT2D eigenvalue weighted by Crippen LogP contribution is -2.27. The van der Waals surface area contributed by atoms with E-state index >= 15 is 0 Å². The summed E-state index contributed by atoms with van der Waals surface area (Å²) < 4.78 is 14.1. The average molecular weight is 337 g/mol. The van der Waals surface area contributed by atoms with Crippen molar-refractivity contribution in [2.45, 2.75) is 19.3 Å². The zero-order valence-corrected chi connectivity index (χ0v) is 13.2. The molecule has 0 aromatic heterocycles. The lowest BCUT2D eigenvalue weighted by atomic mass is 9.84. The standard InChI is InChI=1S/C16H18BrFN2/c1-16(2,11-3-5-12(17)6-4-11)10-20-15-8-7-13(18)9-14(15)19/h3-9,20H,10,19H2,1-2H3. The third kappa shape index (κ3) is 3.51. The molecule has 0 atom stereocenters. The highest BCUT2D eigenvalue weighted by molar-refractivity contribution is 9.10. The molecule has 3 N–H and O–H groups in total. The predicted molar refractivity (Wildman–Crippen MR) is 86.5 cm³/mol. The molecule has 0 aliphatic rings. The Hall–Kier alpha value is -1.55. The van der Waals surface area contributed by atoms with E-state index in [1.807, 2.05) is 12.1 Å². The van der Waals surface area contributed by atoms with Crippen LogP contribution >= 0.6 is 15.9 Å². The fourth-order valence-electron chi connectivity index (χ4n) is 2.01. The Balaban J connectivity index is 2.10. The SMILES string of the molecule is CC(C)(CNc1ccc(F)cc1N)c1ccc(Br)cc1. The first-order valence-electron chi connectivity index (χ1n) is 6.43. The van der Waals surface area contributed by atoms with Crippen molar-refractivity contribution in [3.63, 3.8) is 0 Å². The third-order valence-corrected chi connectivity index (χ3v) is 3.89. The Bertz CT molecular complexity index is 594. The predicted octanol–water partition coefficient (Wildman–Crippen LogP) is 4.56. The van der Waals surface area contributed by atoms with E-state index in [0.717, 1.165) is 10.2 Å². The van der Waals surface area contributed by atoms with Crippen LogP contribution in [-0.2, 0) is 5.41 Å². The van der Waals surface area contributed by atoms with Crippen molar-refractivity contribution in [3.05, 3.63) is 58.3 Å². The van der Waals surface area contributed by atoms with Crippen LogP contribution in [0.4, 0.5) is 15.8 Å². The second kappa shape index (κ2) is 5.83. The number of nitrogen functional groups attached to an aromatic ring is 1. The molecule has 0 aliphatic heterocycles. The van der Waals surface area contributed by atoms with Crippen LogP contribution in [0.3, 0.4) is 0 Å². The van der Waals surface area contributed by atoms with Gasteiger partial charge in [-0.3, -0.25) is 0 Å². The van der Waals surface area contributed by atoms with Crippen molar-refractivity contribution < 1.29 is 4.39 Å². The van der Waals surface area contributed by atoms with Crippen LogP contribution in [0.5, 0.6) is 0 Å². The molecule has 106 valence electrons. The number of rotatable bonds is 4. The summed E-state index contributed by atoms with van der Waals surface area (Å²) in [5, 5.41) is 3.29. The van der Waals surface area contributed by atoms with Crippen LogP contribution in [0.1, 0.15) is 19.4 Å². The molecule has 2 aromatic rings. The van der Waals surface area contributed by atoms with Crippen LogP contribution in [0, 0.1) is 5.82 Å². The van der Waals surface area contributed by atoms with E-state index < -0.39 is 0 Å². The smallest absolute Gasteiger partial charge is 0.125 e. The summed E-state index contributed by atoms with van der Waals surface area (Å²) in [7, 11) is 0. The molecule has 0 heterocycles. The third-order valence-electron chi connectivity index (χ3n) is 3.36. The summed E-state index contributed by atoms with van der Waals surface area (Å²) in [5.74, 6) is -0.319. The van der Waals surface area contributed by atoms with Gasteiger partial charge in [-0.15, -0.1) is 0 Å². The van der Waals surface area contributed by atoms with E-state index in [0.29, 0.717) is 12.2 Å². The Morgan fingerprint density at radius 3 is 2.40 bits per heavy atom. The van der Waals surface area contributed by atoms with Crippen LogP contribution in [0.2, 0.25) is 0 Å². The largest absolute Gasteiger partial charge is 0.397 e. The maximum Gasteiger partial charge on any atom is 0.125 e. The Labute approximate surface area is 127 Å². The molecule has 4 heteroatoms. The van der Waals surface area contributed by atoms with Gasteiger partial charge in [0.25, 0.3) is 0 Å². The van der Waals surface area contributed by atoms with Gasteiger partial charge < -0.3 is 11.1 Å². The van der Waals surface area contributed by atoms with Gasteiger partial charge in [-0.25, -0.2) is 4.39 Å². The Kier molecular flexibility index (Phi) is 4.33. The van der Waals surface area contributed by atoms with Gasteiger partial charge in [0.05, 0.1) is 11.4 Å². The normalized spacial score (nSPS) is 11.4. The molecule has 2 aromatic carbocycles. The van der Waals surface area contributed by atoms with Gasteiger partial charge in [-0.05, 0) is 35.9 Å². The first-order chi connectivity index (χ1) is 9.38. The minimum atomic E-state index is -0.319.